The number of piperidine rings is 1. The second kappa shape index (κ2) is 7.22. The first-order valence-electron chi connectivity index (χ1n) is 9.17. The molecular formula is C19H21N5O3. The van der Waals surface area contributed by atoms with Crippen LogP contribution in [0, 0.1) is 0 Å². The number of benzene rings is 1. The number of carbonyl (C=O) groups is 1. The lowest BCUT2D eigenvalue weighted by Crippen LogP contribution is -2.29. The lowest BCUT2D eigenvalue weighted by molar-refractivity contribution is 0.0526. The summed E-state index contributed by atoms with van der Waals surface area (Å²) in [6.07, 6.45) is 6.49. The number of fused-ring (bicyclic) bond motifs is 1. The van der Waals surface area contributed by atoms with E-state index < -0.39 is 5.97 Å². The summed E-state index contributed by atoms with van der Waals surface area (Å²) in [7, 11) is 0. The molecule has 1 fully saturated rings. The fourth-order valence-corrected chi connectivity index (χ4v) is 3.33. The first kappa shape index (κ1) is 17.3. The molecule has 0 aliphatic carbocycles. The van der Waals surface area contributed by atoms with Crippen molar-refractivity contribution in [2.45, 2.75) is 26.2 Å². The summed E-state index contributed by atoms with van der Waals surface area (Å²) in [5.41, 5.74) is 1.70. The molecular weight excluding hydrogens is 346 g/mol. The first-order valence-corrected chi connectivity index (χ1v) is 9.17. The van der Waals surface area contributed by atoms with Crippen molar-refractivity contribution in [1.29, 1.82) is 0 Å². The Morgan fingerprint density at radius 3 is 2.85 bits per heavy atom. The molecule has 0 spiro atoms. The van der Waals surface area contributed by atoms with E-state index in [2.05, 4.69) is 20.0 Å². The van der Waals surface area contributed by atoms with Crippen molar-refractivity contribution in [3.8, 4) is 5.95 Å². The standard InChI is InChI=1S/C19H21N5O3/c1-2-27-18(26)13-11-20-24(12-13)19-21-16-7-6-14(10-15(16)17(25)22-19)23-8-4-3-5-9-23/h6-7,10-12H,2-5,8-9H2,1H3,(H,21,22,25). The minimum Gasteiger partial charge on any atom is -0.462 e. The monoisotopic (exact) mass is 367 g/mol. The lowest BCUT2D eigenvalue weighted by Gasteiger charge is -2.28. The normalized spacial score (nSPS) is 14.5. The molecule has 0 atom stereocenters. The van der Waals surface area contributed by atoms with Crippen LogP contribution >= 0.6 is 0 Å². The first-order chi connectivity index (χ1) is 13.2. The van der Waals surface area contributed by atoms with Gasteiger partial charge in [0.2, 0.25) is 5.95 Å². The van der Waals surface area contributed by atoms with E-state index in [1.54, 1.807) is 6.92 Å². The molecule has 1 aliphatic rings. The maximum Gasteiger partial charge on any atom is 0.341 e. The number of anilines is 1. The van der Waals surface area contributed by atoms with Crippen LogP contribution in [-0.4, -0.2) is 45.4 Å². The Morgan fingerprint density at radius 2 is 2.07 bits per heavy atom. The molecule has 0 bridgehead atoms. The summed E-state index contributed by atoms with van der Waals surface area (Å²) in [5, 5.41) is 4.64. The maximum atomic E-state index is 12.6. The molecule has 3 heterocycles. The highest BCUT2D eigenvalue weighted by atomic mass is 16.5. The zero-order chi connectivity index (χ0) is 18.8. The molecule has 4 rings (SSSR count). The number of carbonyl (C=O) groups excluding carboxylic acids is 1. The topological polar surface area (TPSA) is 93.1 Å². The predicted octanol–water partition coefficient (Wildman–Crippen LogP) is 2.28. The highest BCUT2D eigenvalue weighted by Crippen LogP contribution is 2.22. The number of rotatable bonds is 4. The van der Waals surface area contributed by atoms with Crippen LogP contribution in [0.3, 0.4) is 0 Å². The molecule has 3 aromatic rings. The van der Waals surface area contributed by atoms with E-state index in [-0.39, 0.29) is 18.1 Å². The van der Waals surface area contributed by atoms with Crippen LogP contribution in [0.5, 0.6) is 0 Å². The van der Waals surface area contributed by atoms with Crippen LogP contribution in [0.2, 0.25) is 0 Å². The molecule has 0 unspecified atom stereocenters. The van der Waals surface area contributed by atoms with Gasteiger partial charge in [-0.15, -0.1) is 0 Å². The summed E-state index contributed by atoms with van der Waals surface area (Å²) in [6.45, 7) is 4.05. The van der Waals surface area contributed by atoms with Crippen molar-refractivity contribution in [1.82, 2.24) is 19.7 Å². The number of aromatic nitrogens is 4. The Balaban J connectivity index is 1.68. The Kier molecular flexibility index (Phi) is 4.62. The summed E-state index contributed by atoms with van der Waals surface area (Å²) in [4.78, 5) is 33.9. The minimum absolute atomic E-state index is 0.234. The molecule has 1 aliphatic heterocycles. The third-order valence-electron chi connectivity index (χ3n) is 4.71. The van der Waals surface area contributed by atoms with Crippen LogP contribution in [0.25, 0.3) is 16.9 Å². The van der Waals surface area contributed by atoms with Crippen LogP contribution in [-0.2, 0) is 4.74 Å². The number of nitrogens with one attached hydrogen (secondary N) is 1. The van der Waals surface area contributed by atoms with E-state index in [9.17, 15) is 9.59 Å². The van der Waals surface area contributed by atoms with Gasteiger partial charge in [0.15, 0.2) is 0 Å². The smallest absolute Gasteiger partial charge is 0.341 e. The third-order valence-corrected chi connectivity index (χ3v) is 4.71. The van der Waals surface area contributed by atoms with Crippen molar-refractivity contribution < 1.29 is 9.53 Å². The summed E-state index contributed by atoms with van der Waals surface area (Å²) >= 11 is 0. The van der Waals surface area contributed by atoms with Gasteiger partial charge in [-0.3, -0.25) is 9.78 Å². The molecule has 2 aromatic heterocycles. The molecule has 8 nitrogen and oxygen atoms in total. The van der Waals surface area contributed by atoms with Crippen LogP contribution in [0.15, 0.2) is 35.4 Å². The van der Waals surface area contributed by atoms with Crippen molar-refractivity contribution in [3.63, 3.8) is 0 Å². The highest BCUT2D eigenvalue weighted by Gasteiger charge is 2.15. The number of hydrogen-bond acceptors (Lipinski definition) is 6. The molecule has 1 aromatic carbocycles. The van der Waals surface area contributed by atoms with Gasteiger partial charge < -0.3 is 9.64 Å². The van der Waals surface area contributed by atoms with E-state index in [0.29, 0.717) is 16.5 Å². The lowest BCUT2D eigenvalue weighted by atomic mass is 10.1. The van der Waals surface area contributed by atoms with Gasteiger partial charge in [0.25, 0.3) is 5.56 Å². The molecule has 1 saturated heterocycles. The van der Waals surface area contributed by atoms with E-state index in [1.807, 2.05) is 18.2 Å². The summed E-state index contributed by atoms with van der Waals surface area (Å²) in [5.74, 6) is -0.202. The summed E-state index contributed by atoms with van der Waals surface area (Å²) < 4.78 is 6.32. The molecule has 27 heavy (non-hydrogen) atoms. The highest BCUT2D eigenvalue weighted by molar-refractivity contribution is 5.88. The van der Waals surface area contributed by atoms with Crippen molar-refractivity contribution >= 4 is 22.6 Å². The van der Waals surface area contributed by atoms with E-state index in [1.165, 1.54) is 36.3 Å². The fraction of sp³-hybridized carbons (Fsp3) is 0.368. The molecule has 140 valence electrons. The zero-order valence-corrected chi connectivity index (χ0v) is 15.1. The van der Waals surface area contributed by atoms with Crippen LogP contribution in [0.4, 0.5) is 5.69 Å². The van der Waals surface area contributed by atoms with Gasteiger partial charge in [-0.2, -0.15) is 5.10 Å². The Bertz CT molecular complexity index is 1030. The van der Waals surface area contributed by atoms with E-state index in [0.717, 1.165) is 18.8 Å². The number of aromatic amines is 1. The van der Waals surface area contributed by atoms with Crippen molar-refractivity contribution in [3.05, 3.63) is 46.5 Å². The zero-order valence-electron chi connectivity index (χ0n) is 15.1. The maximum absolute atomic E-state index is 12.6. The second-order valence-corrected chi connectivity index (χ2v) is 6.53. The van der Waals surface area contributed by atoms with Gasteiger partial charge in [0.1, 0.15) is 0 Å². The van der Waals surface area contributed by atoms with Crippen LogP contribution in [0.1, 0.15) is 36.5 Å². The van der Waals surface area contributed by atoms with Gasteiger partial charge >= 0.3 is 5.97 Å². The van der Waals surface area contributed by atoms with Gasteiger partial charge in [-0.05, 0) is 44.4 Å². The number of esters is 1. The number of hydrogen-bond donors (Lipinski definition) is 1. The van der Waals surface area contributed by atoms with Gasteiger partial charge in [-0.25, -0.2) is 14.5 Å². The van der Waals surface area contributed by atoms with E-state index >= 15 is 0 Å². The summed E-state index contributed by atoms with van der Waals surface area (Å²) in [6, 6.07) is 5.74. The van der Waals surface area contributed by atoms with Gasteiger partial charge in [0, 0.05) is 25.0 Å². The molecule has 8 heteroatoms. The Hall–Kier alpha value is -3.16. The largest absolute Gasteiger partial charge is 0.462 e. The van der Waals surface area contributed by atoms with E-state index in [4.69, 9.17) is 4.74 Å². The average Bonchev–Trinajstić information content (AvgIpc) is 3.19. The number of ether oxygens (including phenoxy) is 1. The minimum atomic E-state index is -0.460. The van der Waals surface area contributed by atoms with Crippen LogP contribution < -0.4 is 10.5 Å². The Labute approximate surface area is 155 Å². The average molecular weight is 367 g/mol. The fourth-order valence-electron chi connectivity index (χ4n) is 3.33. The van der Waals surface area contributed by atoms with Crippen molar-refractivity contribution in [2.24, 2.45) is 0 Å². The SMILES string of the molecule is CCOC(=O)c1cnn(-c2nc3ccc(N4CCCCC4)cc3c(=O)[nH]2)c1. The predicted molar refractivity (Wildman–Crippen MR) is 102 cm³/mol. The quantitative estimate of drug-likeness (QED) is 0.711. The van der Waals surface area contributed by atoms with Crippen molar-refractivity contribution in [2.75, 3.05) is 24.6 Å². The van der Waals surface area contributed by atoms with Gasteiger partial charge in [-0.1, -0.05) is 0 Å². The molecule has 1 N–H and O–H groups in total. The molecule has 0 radical (unpaired) electrons. The van der Waals surface area contributed by atoms with Gasteiger partial charge in [0.05, 0.1) is 29.3 Å². The number of H-pyrrole nitrogens is 1. The second-order valence-electron chi connectivity index (χ2n) is 6.53. The molecule has 0 amide bonds. The third kappa shape index (κ3) is 3.42. The number of nitrogens with zero attached hydrogens (tertiary/aromatic N) is 4. The Morgan fingerprint density at radius 1 is 1.26 bits per heavy atom. The molecule has 0 saturated carbocycles.